The second-order valence-electron chi connectivity index (χ2n) is 3.77. The van der Waals surface area contributed by atoms with Crippen LogP contribution in [0.5, 0.6) is 0 Å². The van der Waals surface area contributed by atoms with Crippen molar-refractivity contribution >= 4 is 0 Å². The minimum absolute atomic E-state index is 0.288. The van der Waals surface area contributed by atoms with Gasteiger partial charge in [0, 0.05) is 12.5 Å². The zero-order valence-corrected chi connectivity index (χ0v) is 7.42. The number of aliphatic hydroxyl groups is 1. The fourth-order valence-electron chi connectivity index (χ4n) is 1.73. The molecule has 0 bridgehead atoms. The van der Waals surface area contributed by atoms with Crippen LogP contribution >= 0.6 is 0 Å². The van der Waals surface area contributed by atoms with Crippen molar-refractivity contribution in [2.45, 2.75) is 50.2 Å². The molecule has 3 N–H and O–H groups in total. The molecule has 1 fully saturated rings. The van der Waals surface area contributed by atoms with Gasteiger partial charge in [0.15, 0.2) is 0 Å². The molecule has 1 aliphatic carbocycles. The zero-order chi connectivity index (χ0) is 9.03. The molecule has 0 heterocycles. The lowest BCUT2D eigenvalue weighted by atomic mass is 9.80. The minimum Gasteiger partial charge on any atom is -0.390 e. The summed E-state index contributed by atoms with van der Waals surface area (Å²) in [6.07, 6.45) is 10.0. The summed E-state index contributed by atoms with van der Waals surface area (Å²) >= 11 is 0. The van der Waals surface area contributed by atoms with Crippen molar-refractivity contribution < 1.29 is 5.11 Å². The van der Waals surface area contributed by atoms with E-state index >= 15 is 0 Å². The highest BCUT2D eigenvalue weighted by molar-refractivity contribution is 4.92. The molecule has 1 aliphatic rings. The van der Waals surface area contributed by atoms with Crippen molar-refractivity contribution in [3.05, 3.63) is 0 Å². The van der Waals surface area contributed by atoms with E-state index in [1.807, 2.05) is 0 Å². The first-order valence-electron chi connectivity index (χ1n) is 4.58. The molecule has 0 saturated heterocycles. The van der Waals surface area contributed by atoms with Crippen LogP contribution in [-0.2, 0) is 0 Å². The Morgan fingerprint density at radius 1 is 1.50 bits per heavy atom. The second kappa shape index (κ2) is 3.93. The highest BCUT2D eigenvalue weighted by atomic mass is 16.3. The summed E-state index contributed by atoms with van der Waals surface area (Å²) in [6, 6.07) is 0.288. The summed E-state index contributed by atoms with van der Waals surface area (Å²) in [6.45, 7) is 0. The number of nitrogens with two attached hydrogens (primary N) is 1. The maximum atomic E-state index is 9.97. The normalized spacial score (nSPS) is 35.9. The molecule has 0 radical (unpaired) electrons. The molecule has 2 heteroatoms. The van der Waals surface area contributed by atoms with E-state index < -0.39 is 5.60 Å². The molecule has 0 amide bonds. The molecule has 1 saturated carbocycles. The van der Waals surface area contributed by atoms with Gasteiger partial charge in [-0.15, -0.1) is 12.3 Å². The van der Waals surface area contributed by atoms with Crippen LogP contribution in [0.4, 0.5) is 0 Å². The number of terminal acetylenes is 1. The topological polar surface area (TPSA) is 46.2 Å². The standard InChI is InChI=1S/C10H17NO/c1-2-3-6-10(12)7-4-9(11)5-8-10/h1,9,12H,3-8,11H2. The van der Waals surface area contributed by atoms with Crippen LogP contribution in [0.2, 0.25) is 0 Å². The molecule has 12 heavy (non-hydrogen) atoms. The van der Waals surface area contributed by atoms with E-state index in [1.54, 1.807) is 0 Å². The van der Waals surface area contributed by atoms with Crippen molar-refractivity contribution in [2.75, 3.05) is 0 Å². The lowest BCUT2D eigenvalue weighted by molar-refractivity contribution is -0.00647. The smallest absolute Gasteiger partial charge is 0.0658 e. The summed E-state index contributed by atoms with van der Waals surface area (Å²) in [4.78, 5) is 0. The minimum atomic E-state index is -0.512. The van der Waals surface area contributed by atoms with E-state index in [2.05, 4.69) is 5.92 Å². The van der Waals surface area contributed by atoms with Gasteiger partial charge in [-0.25, -0.2) is 0 Å². The van der Waals surface area contributed by atoms with Gasteiger partial charge in [-0.3, -0.25) is 0 Å². The summed E-state index contributed by atoms with van der Waals surface area (Å²) in [5.74, 6) is 2.56. The first kappa shape index (κ1) is 9.57. The molecule has 1 rings (SSSR count). The van der Waals surface area contributed by atoms with Crippen LogP contribution in [0.25, 0.3) is 0 Å². The third-order valence-corrected chi connectivity index (χ3v) is 2.70. The Hall–Kier alpha value is -0.520. The Bertz CT molecular complexity index is 175. The molecule has 0 aromatic carbocycles. The van der Waals surface area contributed by atoms with Gasteiger partial charge in [0.25, 0.3) is 0 Å². The predicted octanol–water partition coefficient (Wildman–Crippen LogP) is 1.03. The van der Waals surface area contributed by atoms with Gasteiger partial charge in [0.1, 0.15) is 0 Å². The van der Waals surface area contributed by atoms with Crippen molar-refractivity contribution in [1.29, 1.82) is 0 Å². The quantitative estimate of drug-likeness (QED) is 0.603. The summed E-state index contributed by atoms with van der Waals surface area (Å²) in [7, 11) is 0. The van der Waals surface area contributed by atoms with Crippen LogP contribution in [0.3, 0.4) is 0 Å². The second-order valence-corrected chi connectivity index (χ2v) is 3.77. The fourth-order valence-corrected chi connectivity index (χ4v) is 1.73. The van der Waals surface area contributed by atoms with E-state index in [-0.39, 0.29) is 6.04 Å². The Balaban J connectivity index is 2.35. The predicted molar refractivity (Wildman–Crippen MR) is 49.5 cm³/mol. The van der Waals surface area contributed by atoms with Gasteiger partial charge in [0.05, 0.1) is 5.60 Å². The molecule has 0 aliphatic heterocycles. The Labute approximate surface area is 74.2 Å². The Morgan fingerprint density at radius 3 is 2.58 bits per heavy atom. The number of hydrogen-bond acceptors (Lipinski definition) is 2. The van der Waals surface area contributed by atoms with Crippen molar-refractivity contribution in [1.82, 2.24) is 0 Å². The molecular weight excluding hydrogens is 150 g/mol. The highest BCUT2D eigenvalue weighted by Crippen LogP contribution is 2.31. The molecule has 0 aromatic heterocycles. The molecular formula is C10H17NO. The Morgan fingerprint density at radius 2 is 2.08 bits per heavy atom. The maximum Gasteiger partial charge on any atom is 0.0658 e. The van der Waals surface area contributed by atoms with Gasteiger partial charge in [-0.05, 0) is 32.1 Å². The SMILES string of the molecule is C#CCCC1(O)CCC(N)CC1. The van der Waals surface area contributed by atoms with Gasteiger partial charge < -0.3 is 10.8 Å². The molecule has 0 atom stereocenters. The van der Waals surface area contributed by atoms with E-state index in [4.69, 9.17) is 12.2 Å². The molecule has 0 spiro atoms. The van der Waals surface area contributed by atoms with Gasteiger partial charge in [0.2, 0.25) is 0 Å². The van der Waals surface area contributed by atoms with Crippen LogP contribution < -0.4 is 5.73 Å². The molecule has 0 aromatic rings. The maximum absolute atomic E-state index is 9.97. The molecule has 2 nitrogen and oxygen atoms in total. The number of hydrogen-bond donors (Lipinski definition) is 2. The van der Waals surface area contributed by atoms with E-state index in [1.165, 1.54) is 0 Å². The van der Waals surface area contributed by atoms with Crippen molar-refractivity contribution in [2.24, 2.45) is 5.73 Å². The molecule has 68 valence electrons. The Kier molecular flexibility index (Phi) is 3.13. The zero-order valence-electron chi connectivity index (χ0n) is 7.42. The summed E-state index contributed by atoms with van der Waals surface area (Å²) in [5.41, 5.74) is 5.22. The van der Waals surface area contributed by atoms with Gasteiger partial charge >= 0.3 is 0 Å². The van der Waals surface area contributed by atoms with Gasteiger partial charge in [-0.1, -0.05) is 0 Å². The van der Waals surface area contributed by atoms with Crippen LogP contribution in [0, 0.1) is 12.3 Å². The monoisotopic (exact) mass is 167 g/mol. The lowest BCUT2D eigenvalue weighted by Crippen LogP contribution is -2.38. The van der Waals surface area contributed by atoms with E-state index in [9.17, 15) is 5.11 Å². The third kappa shape index (κ3) is 2.51. The average molecular weight is 167 g/mol. The van der Waals surface area contributed by atoms with E-state index in [0.717, 1.165) is 32.1 Å². The van der Waals surface area contributed by atoms with E-state index in [0.29, 0.717) is 6.42 Å². The average Bonchev–Trinajstić information content (AvgIpc) is 2.08. The number of rotatable bonds is 2. The first-order valence-corrected chi connectivity index (χ1v) is 4.58. The largest absolute Gasteiger partial charge is 0.390 e. The van der Waals surface area contributed by atoms with Crippen LogP contribution in [0.15, 0.2) is 0 Å². The van der Waals surface area contributed by atoms with Gasteiger partial charge in [-0.2, -0.15) is 0 Å². The summed E-state index contributed by atoms with van der Waals surface area (Å²) in [5, 5.41) is 9.97. The lowest BCUT2D eigenvalue weighted by Gasteiger charge is -2.34. The highest BCUT2D eigenvalue weighted by Gasteiger charge is 2.30. The third-order valence-electron chi connectivity index (χ3n) is 2.70. The first-order chi connectivity index (χ1) is 5.66. The van der Waals surface area contributed by atoms with Crippen molar-refractivity contribution in [3.8, 4) is 12.3 Å². The van der Waals surface area contributed by atoms with Crippen molar-refractivity contribution in [3.63, 3.8) is 0 Å². The van der Waals surface area contributed by atoms with Crippen LogP contribution in [-0.4, -0.2) is 16.7 Å². The molecule has 0 unspecified atom stereocenters. The summed E-state index contributed by atoms with van der Waals surface area (Å²) < 4.78 is 0. The fraction of sp³-hybridized carbons (Fsp3) is 0.800. The van der Waals surface area contributed by atoms with Crippen LogP contribution in [0.1, 0.15) is 38.5 Å².